The topological polar surface area (TPSA) is 118 Å². The Bertz CT molecular complexity index is 847. The van der Waals surface area contributed by atoms with E-state index >= 15 is 0 Å². The van der Waals surface area contributed by atoms with Crippen molar-refractivity contribution in [3.05, 3.63) is 59.5 Å². The molecule has 0 radical (unpaired) electrons. The fraction of sp³-hybridized carbons (Fsp3) is 0.409. The van der Waals surface area contributed by atoms with Gasteiger partial charge in [0.05, 0.1) is 17.2 Å². The number of nitrogens with two attached hydrogens (primary N) is 3. The van der Waals surface area contributed by atoms with Crippen LogP contribution in [0.2, 0.25) is 0 Å². The highest BCUT2D eigenvalue weighted by atomic mass is 15.3. The van der Waals surface area contributed by atoms with Crippen molar-refractivity contribution >= 4 is 17.3 Å². The Morgan fingerprint density at radius 1 is 1.38 bits per heavy atom. The SMILES string of the molecule is CC(C)C(=C/N)/C=C(\N)NC1C=Cc2ncc(/C(=C/NC3CC3)CN)cc2N1C. The minimum Gasteiger partial charge on any atom is -0.404 e. The predicted molar refractivity (Wildman–Crippen MR) is 121 cm³/mol. The Morgan fingerprint density at radius 2 is 2.14 bits per heavy atom. The van der Waals surface area contributed by atoms with E-state index in [4.69, 9.17) is 17.2 Å². The highest BCUT2D eigenvalue weighted by Crippen LogP contribution is 2.29. The van der Waals surface area contributed by atoms with Crippen molar-refractivity contribution in [2.75, 3.05) is 18.5 Å². The van der Waals surface area contributed by atoms with Crippen LogP contribution in [-0.2, 0) is 0 Å². The Kier molecular flexibility index (Phi) is 6.49. The number of likely N-dealkylation sites (N-methyl/N-ethyl adjacent to an activating group) is 1. The van der Waals surface area contributed by atoms with Crippen molar-refractivity contribution in [1.82, 2.24) is 15.6 Å². The van der Waals surface area contributed by atoms with Gasteiger partial charge in [0.25, 0.3) is 0 Å². The van der Waals surface area contributed by atoms with E-state index in [0.717, 1.165) is 28.1 Å². The molecule has 1 saturated carbocycles. The molecule has 0 saturated heterocycles. The van der Waals surface area contributed by atoms with Crippen LogP contribution in [0.4, 0.5) is 5.69 Å². The van der Waals surface area contributed by atoms with Gasteiger partial charge in [0, 0.05) is 37.6 Å². The van der Waals surface area contributed by atoms with E-state index in [0.29, 0.717) is 24.3 Å². The summed E-state index contributed by atoms with van der Waals surface area (Å²) < 4.78 is 0. The molecule has 1 unspecified atom stereocenters. The van der Waals surface area contributed by atoms with Crippen LogP contribution in [0.25, 0.3) is 11.6 Å². The maximum atomic E-state index is 6.22. The van der Waals surface area contributed by atoms with Crippen molar-refractivity contribution in [3.63, 3.8) is 0 Å². The third kappa shape index (κ3) is 5.12. The third-order valence-corrected chi connectivity index (χ3v) is 5.29. The summed E-state index contributed by atoms with van der Waals surface area (Å²) in [5.74, 6) is 0.874. The molecule has 2 aliphatic rings. The first-order chi connectivity index (χ1) is 13.9. The van der Waals surface area contributed by atoms with Crippen molar-refractivity contribution in [2.45, 2.75) is 38.9 Å². The van der Waals surface area contributed by atoms with Crippen LogP contribution in [-0.4, -0.2) is 30.8 Å². The van der Waals surface area contributed by atoms with Crippen molar-refractivity contribution in [2.24, 2.45) is 23.1 Å². The molecule has 156 valence electrons. The average Bonchev–Trinajstić information content (AvgIpc) is 3.53. The van der Waals surface area contributed by atoms with Crippen LogP contribution in [0.5, 0.6) is 0 Å². The van der Waals surface area contributed by atoms with Crippen LogP contribution in [0.15, 0.2) is 48.2 Å². The number of pyridine rings is 1. The quantitative estimate of drug-likeness (QED) is 0.426. The monoisotopic (exact) mass is 395 g/mol. The Morgan fingerprint density at radius 3 is 2.76 bits per heavy atom. The third-order valence-electron chi connectivity index (χ3n) is 5.29. The van der Waals surface area contributed by atoms with Crippen molar-refractivity contribution < 1.29 is 0 Å². The van der Waals surface area contributed by atoms with Gasteiger partial charge < -0.3 is 32.7 Å². The molecule has 7 heteroatoms. The molecule has 1 aromatic heterocycles. The molecule has 1 aliphatic heterocycles. The molecule has 1 aromatic rings. The van der Waals surface area contributed by atoms with E-state index in [1.807, 2.05) is 37.7 Å². The highest BCUT2D eigenvalue weighted by molar-refractivity contribution is 5.75. The fourth-order valence-electron chi connectivity index (χ4n) is 3.18. The van der Waals surface area contributed by atoms with E-state index in [-0.39, 0.29) is 6.17 Å². The van der Waals surface area contributed by atoms with Gasteiger partial charge in [0.2, 0.25) is 0 Å². The number of nitrogens with zero attached hydrogens (tertiary/aromatic N) is 2. The second kappa shape index (κ2) is 9.05. The number of anilines is 1. The van der Waals surface area contributed by atoms with Crippen LogP contribution in [0, 0.1) is 5.92 Å². The normalized spacial score (nSPS) is 20.1. The van der Waals surface area contributed by atoms with Gasteiger partial charge in [-0.2, -0.15) is 0 Å². The first-order valence-corrected chi connectivity index (χ1v) is 10.1. The lowest BCUT2D eigenvalue weighted by Gasteiger charge is -2.33. The summed E-state index contributed by atoms with van der Waals surface area (Å²) in [5, 5.41) is 6.76. The molecule has 1 fully saturated rings. The van der Waals surface area contributed by atoms with E-state index in [1.54, 1.807) is 6.20 Å². The standard InChI is InChI=1S/C22H33N7/c1-14(2)15(10-23)9-21(25)28-22-7-6-19-20(29(22)3)8-16(12-27-19)17(11-24)13-26-18-4-5-18/h6-10,12-14,18,22,26,28H,4-5,11,23-25H2,1-3H3/b15-10+,17-13+,21-9+. The maximum Gasteiger partial charge on any atom is 0.120 e. The zero-order valence-electron chi connectivity index (χ0n) is 17.5. The number of allylic oxidation sites excluding steroid dienone is 2. The van der Waals surface area contributed by atoms with Crippen LogP contribution < -0.4 is 32.7 Å². The number of aromatic nitrogens is 1. The summed E-state index contributed by atoms with van der Waals surface area (Å²) in [4.78, 5) is 6.75. The Hall–Kier alpha value is -2.93. The summed E-state index contributed by atoms with van der Waals surface area (Å²) >= 11 is 0. The highest BCUT2D eigenvalue weighted by Gasteiger charge is 2.22. The summed E-state index contributed by atoms with van der Waals surface area (Å²) in [5.41, 5.74) is 22.9. The summed E-state index contributed by atoms with van der Waals surface area (Å²) in [7, 11) is 2.02. The molecule has 0 amide bonds. The van der Waals surface area contributed by atoms with Gasteiger partial charge in [-0.3, -0.25) is 4.98 Å². The molecule has 0 spiro atoms. The molecule has 1 aliphatic carbocycles. The minimum atomic E-state index is -0.0862. The Labute approximate surface area is 173 Å². The first-order valence-electron chi connectivity index (χ1n) is 10.1. The molecular formula is C22H33N7. The second-order valence-corrected chi connectivity index (χ2v) is 7.92. The number of hydrogen-bond donors (Lipinski definition) is 5. The van der Waals surface area contributed by atoms with Crippen molar-refractivity contribution in [3.8, 4) is 0 Å². The van der Waals surface area contributed by atoms with Crippen LogP contribution in [0.1, 0.15) is 37.9 Å². The average molecular weight is 396 g/mol. The number of fused-ring (bicyclic) bond motifs is 1. The Balaban J connectivity index is 1.78. The van der Waals surface area contributed by atoms with E-state index in [9.17, 15) is 0 Å². The molecule has 3 rings (SSSR count). The second-order valence-electron chi connectivity index (χ2n) is 7.92. The van der Waals surface area contributed by atoms with Gasteiger partial charge in [0.15, 0.2) is 0 Å². The number of hydrogen-bond acceptors (Lipinski definition) is 7. The maximum absolute atomic E-state index is 6.22. The van der Waals surface area contributed by atoms with E-state index < -0.39 is 0 Å². The largest absolute Gasteiger partial charge is 0.404 e. The molecule has 8 N–H and O–H groups in total. The molecule has 7 nitrogen and oxygen atoms in total. The van der Waals surface area contributed by atoms with Gasteiger partial charge in [0.1, 0.15) is 6.17 Å². The summed E-state index contributed by atoms with van der Waals surface area (Å²) in [6, 6.07) is 2.72. The van der Waals surface area contributed by atoms with Crippen LogP contribution >= 0.6 is 0 Å². The van der Waals surface area contributed by atoms with Crippen molar-refractivity contribution in [1.29, 1.82) is 0 Å². The number of rotatable bonds is 8. The van der Waals surface area contributed by atoms with E-state index in [2.05, 4.69) is 40.4 Å². The zero-order valence-corrected chi connectivity index (χ0v) is 17.5. The molecular weight excluding hydrogens is 362 g/mol. The summed E-state index contributed by atoms with van der Waals surface area (Å²) in [6.07, 6.45) is 13.8. The predicted octanol–water partition coefficient (Wildman–Crippen LogP) is 1.81. The lowest BCUT2D eigenvalue weighted by Crippen LogP contribution is -2.45. The van der Waals surface area contributed by atoms with Gasteiger partial charge in [-0.1, -0.05) is 13.8 Å². The first kappa shape index (κ1) is 20.8. The van der Waals surface area contributed by atoms with E-state index in [1.165, 1.54) is 12.8 Å². The lowest BCUT2D eigenvalue weighted by molar-refractivity contribution is 0.642. The summed E-state index contributed by atoms with van der Waals surface area (Å²) in [6.45, 7) is 4.62. The van der Waals surface area contributed by atoms with Gasteiger partial charge in [-0.15, -0.1) is 0 Å². The fourth-order valence-corrected chi connectivity index (χ4v) is 3.18. The molecule has 29 heavy (non-hydrogen) atoms. The van der Waals surface area contributed by atoms with Crippen LogP contribution in [0.3, 0.4) is 0 Å². The zero-order chi connectivity index (χ0) is 21.0. The molecule has 0 aromatic carbocycles. The lowest BCUT2D eigenvalue weighted by atomic mass is 10.0. The minimum absolute atomic E-state index is 0.0862. The van der Waals surface area contributed by atoms with Gasteiger partial charge in [-0.25, -0.2) is 0 Å². The molecule has 1 atom stereocenters. The van der Waals surface area contributed by atoms with Gasteiger partial charge >= 0.3 is 0 Å². The molecule has 0 bridgehead atoms. The molecule has 2 heterocycles. The smallest absolute Gasteiger partial charge is 0.120 e. The van der Waals surface area contributed by atoms with Gasteiger partial charge in [-0.05, 0) is 60.4 Å². The number of nitrogens with one attached hydrogen (secondary N) is 2.